The minimum atomic E-state index is 0. The third-order valence-corrected chi connectivity index (χ3v) is 4.58. The summed E-state index contributed by atoms with van der Waals surface area (Å²) >= 11 is 0. The SMILES string of the molecule is C[NH+](C)CCN1C(=O)C[C@@H](c2ccccc2)Cc2ccccc21.[Cl-]. The quantitative estimate of drug-likeness (QED) is 0.748. The van der Waals surface area contributed by atoms with Crippen molar-refractivity contribution in [2.45, 2.75) is 18.8 Å². The van der Waals surface area contributed by atoms with Crippen molar-refractivity contribution < 1.29 is 22.1 Å². The molecule has 1 N–H and O–H groups in total. The third kappa shape index (κ3) is 4.16. The highest BCUT2D eigenvalue weighted by Gasteiger charge is 2.28. The molecule has 1 aliphatic rings. The lowest BCUT2D eigenvalue weighted by Crippen LogP contribution is -3.06. The Hall–Kier alpha value is -1.84. The first-order chi connectivity index (χ1) is 11.1. The van der Waals surface area contributed by atoms with Gasteiger partial charge >= 0.3 is 0 Å². The molecule has 0 saturated carbocycles. The van der Waals surface area contributed by atoms with E-state index in [2.05, 4.69) is 56.6 Å². The van der Waals surface area contributed by atoms with E-state index in [4.69, 9.17) is 0 Å². The molecule has 128 valence electrons. The van der Waals surface area contributed by atoms with Crippen molar-refractivity contribution in [3.8, 4) is 0 Å². The summed E-state index contributed by atoms with van der Waals surface area (Å²) in [6, 6.07) is 18.8. The largest absolute Gasteiger partial charge is 1.00 e. The number of nitrogens with one attached hydrogen (secondary N) is 1. The van der Waals surface area contributed by atoms with Crippen LogP contribution in [0.15, 0.2) is 54.6 Å². The molecule has 4 heteroatoms. The van der Waals surface area contributed by atoms with Crippen LogP contribution in [0.1, 0.15) is 23.5 Å². The highest BCUT2D eigenvalue weighted by Crippen LogP contribution is 2.34. The summed E-state index contributed by atoms with van der Waals surface area (Å²) in [5.74, 6) is 0.506. The van der Waals surface area contributed by atoms with Crippen molar-refractivity contribution >= 4 is 11.6 Å². The number of para-hydroxylation sites is 1. The van der Waals surface area contributed by atoms with E-state index in [1.807, 2.05) is 17.0 Å². The van der Waals surface area contributed by atoms with Crippen LogP contribution in [0.2, 0.25) is 0 Å². The van der Waals surface area contributed by atoms with Gasteiger partial charge < -0.3 is 22.2 Å². The maximum absolute atomic E-state index is 12.9. The van der Waals surface area contributed by atoms with Gasteiger partial charge in [0.05, 0.1) is 27.2 Å². The smallest absolute Gasteiger partial charge is 0.227 e. The van der Waals surface area contributed by atoms with Crippen molar-refractivity contribution in [2.75, 3.05) is 32.1 Å². The zero-order valence-electron chi connectivity index (χ0n) is 14.3. The van der Waals surface area contributed by atoms with E-state index >= 15 is 0 Å². The fourth-order valence-electron chi connectivity index (χ4n) is 3.28. The molecule has 1 aliphatic heterocycles. The van der Waals surface area contributed by atoms with Gasteiger partial charge in [0.15, 0.2) is 0 Å². The average Bonchev–Trinajstić information content (AvgIpc) is 2.70. The number of halogens is 1. The number of anilines is 1. The lowest BCUT2D eigenvalue weighted by atomic mass is 9.90. The van der Waals surface area contributed by atoms with Crippen LogP contribution in [-0.2, 0) is 11.2 Å². The highest BCUT2D eigenvalue weighted by atomic mass is 35.5. The van der Waals surface area contributed by atoms with Gasteiger partial charge in [-0.3, -0.25) is 4.79 Å². The summed E-state index contributed by atoms with van der Waals surface area (Å²) < 4.78 is 0. The molecule has 3 rings (SSSR count). The number of fused-ring (bicyclic) bond motifs is 1. The Labute approximate surface area is 150 Å². The van der Waals surface area contributed by atoms with Gasteiger partial charge in [-0.2, -0.15) is 0 Å². The third-order valence-electron chi connectivity index (χ3n) is 4.58. The van der Waals surface area contributed by atoms with Crippen LogP contribution in [0, 0.1) is 0 Å². The zero-order valence-corrected chi connectivity index (χ0v) is 15.1. The van der Waals surface area contributed by atoms with Crippen LogP contribution < -0.4 is 22.2 Å². The fourth-order valence-corrected chi connectivity index (χ4v) is 3.28. The molecular weight excluding hydrogens is 320 g/mol. The van der Waals surface area contributed by atoms with Crippen molar-refractivity contribution in [2.24, 2.45) is 0 Å². The topological polar surface area (TPSA) is 24.8 Å². The van der Waals surface area contributed by atoms with Crippen molar-refractivity contribution in [3.63, 3.8) is 0 Å². The summed E-state index contributed by atoms with van der Waals surface area (Å²) in [7, 11) is 4.25. The Bertz CT molecular complexity index is 672. The van der Waals surface area contributed by atoms with Crippen LogP contribution in [-0.4, -0.2) is 33.1 Å². The lowest BCUT2D eigenvalue weighted by molar-refractivity contribution is -0.856. The molecule has 0 saturated heterocycles. The molecule has 0 radical (unpaired) electrons. The molecule has 24 heavy (non-hydrogen) atoms. The number of carbonyl (C=O) groups is 1. The molecule has 2 aromatic rings. The Morgan fingerprint density at radius 2 is 1.67 bits per heavy atom. The molecule has 0 unspecified atom stereocenters. The van der Waals surface area contributed by atoms with Crippen LogP contribution in [0.25, 0.3) is 0 Å². The molecule has 1 amide bonds. The van der Waals surface area contributed by atoms with Gasteiger partial charge in [-0.25, -0.2) is 0 Å². The first-order valence-corrected chi connectivity index (χ1v) is 8.37. The van der Waals surface area contributed by atoms with Gasteiger partial charge in [-0.05, 0) is 29.5 Å². The number of hydrogen-bond acceptors (Lipinski definition) is 1. The molecule has 0 bridgehead atoms. The molecule has 0 aromatic heterocycles. The monoisotopic (exact) mass is 344 g/mol. The Morgan fingerprint density at radius 3 is 2.38 bits per heavy atom. The second-order valence-electron chi connectivity index (χ2n) is 6.65. The molecule has 0 aliphatic carbocycles. The molecule has 2 aromatic carbocycles. The number of carbonyl (C=O) groups excluding carboxylic acids is 1. The summed E-state index contributed by atoms with van der Waals surface area (Å²) in [4.78, 5) is 16.2. The summed E-state index contributed by atoms with van der Waals surface area (Å²) in [6.07, 6.45) is 1.51. The van der Waals surface area contributed by atoms with E-state index in [1.54, 1.807) is 0 Å². The summed E-state index contributed by atoms with van der Waals surface area (Å²) in [5.41, 5.74) is 3.63. The van der Waals surface area contributed by atoms with Gasteiger partial charge in [0, 0.05) is 12.1 Å². The number of rotatable bonds is 4. The summed E-state index contributed by atoms with van der Waals surface area (Å²) in [6.45, 7) is 1.73. The second kappa shape index (κ2) is 8.32. The van der Waals surface area contributed by atoms with Crippen LogP contribution in [0.5, 0.6) is 0 Å². The van der Waals surface area contributed by atoms with Gasteiger partial charge in [0.25, 0.3) is 0 Å². The predicted molar refractivity (Wildman–Crippen MR) is 94.0 cm³/mol. The van der Waals surface area contributed by atoms with E-state index in [0.717, 1.165) is 25.2 Å². The second-order valence-corrected chi connectivity index (χ2v) is 6.65. The molecule has 1 atom stereocenters. The number of likely N-dealkylation sites (N-methyl/N-ethyl adjacent to an activating group) is 1. The minimum absolute atomic E-state index is 0. The molecule has 3 nitrogen and oxygen atoms in total. The predicted octanol–water partition coefficient (Wildman–Crippen LogP) is -1.10. The number of hydrogen-bond donors (Lipinski definition) is 1. The van der Waals surface area contributed by atoms with Crippen molar-refractivity contribution in [1.29, 1.82) is 0 Å². The van der Waals surface area contributed by atoms with E-state index in [-0.39, 0.29) is 24.2 Å². The molecular formula is C20H25ClN2O. The van der Waals surface area contributed by atoms with Gasteiger partial charge in [0.1, 0.15) is 0 Å². The maximum Gasteiger partial charge on any atom is 0.227 e. The van der Waals surface area contributed by atoms with Crippen LogP contribution >= 0.6 is 0 Å². The lowest BCUT2D eigenvalue weighted by Gasteiger charge is -2.23. The number of nitrogens with zero attached hydrogens (tertiary/aromatic N) is 1. The van der Waals surface area contributed by atoms with Crippen molar-refractivity contribution in [3.05, 3.63) is 65.7 Å². The number of benzene rings is 2. The van der Waals surface area contributed by atoms with E-state index in [9.17, 15) is 4.79 Å². The normalized spacial score (nSPS) is 17.2. The Balaban J connectivity index is 0.00000208. The fraction of sp³-hybridized carbons (Fsp3) is 0.350. The van der Waals surface area contributed by atoms with E-state index in [0.29, 0.717) is 6.42 Å². The van der Waals surface area contributed by atoms with Crippen LogP contribution in [0.3, 0.4) is 0 Å². The van der Waals surface area contributed by atoms with E-state index in [1.165, 1.54) is 16.0 Å². The Morgan fingerprint density at radius 1 is 1.00 bits per heavy atom. The van der Waals surface area contributed by atoms with Crippen LogP contribution in [0.4, 0.5) is 5.69 Å². The number of amides is 1. The Kier molecular flexibility index (Phi) is 6.41. The minimum Gasteiger partial charge on any atom is -1.00 e. The highest BCUT2D eigenvalue weighted by molar-refractivity contribution is 5.95. The standard InChI is InChI=1S/C20H24N2O.ClH/c1-21(2)12-13-22-19-11-7-6-10-17(19)14-18(15-20(22)23)16-8-4-3-5-9-16;/h3-11,18H,12-15H2,1-2H3;1H/t18-;/m0./s1. The first-order valence-electron chi connectivity index (χ1n) is 8.37. The molecule has 0 fully saturated rings. The molecule has 0 spiro atoms. The van der Waals surface area contributed by atoms with E-state index < -0.39 is 0 Å². The molecule has 1 heterocycles. The number of quaternary nitrogens is 1. The first kappa shape index (κ1) is 18.5. The van der Waals surface area contributed by atoms with Gasteiger partial charge in [0.2, 0.25) is 5.91 Å². The van der Waals surface area contributed by atoms with Gasteiger partial charge in [-0.1, -0.05) is 48.5 Å². The zero-order chi connectivity index (χ0) is 16.2. The van der Waals surface area contributed by atoms with Crippen molar-refractivity contribution in [1.82, 2.24) is 0 Å². The maximum atomic E-state index is 12.9. The average molecular weight is 345 g/mol. The summed E-state index contributed by atoms with van der Waals surface area (Å²) in [5, 5.41) is 0. The van der Waals surface area contributed by atoms with Gasteiger partial charge in [-0.15, -0.1) is 0 Å².